The molecular formula is C21H26N6OS. The first-order valence-electron chi connectivity index (χ1n) is 9.61. The fraction of sp³-hybridized carbons (Fsp3) is 0.333. The summed E-state index contributed by atoms with van der Waals surface area (Å²) in [5.41, 5.74) is 2.78. The molecule has 0 radical (unpaired) electrons. The Balaban J connectivity index is 1.77. The summed E-state index contributed by atoms with van der Waals surface area (Å²) in [6.07, 6.45) is 4.51. The second-order valence-corrected chi connectivity index (χ2v) is 7.29. The van der Waals surface area contributed by atoms with Gasteiger partial charge in [-0.15, -0.1) is 0 Å². The van der Waals surface area contributed by atoms with Crippen LogP contribution in [0, 0.1) is 4.77 Å². The highest BCUT2D eigenvalue weighted by molar-refractivity contribution is 7.71. The number of benzene rings is 1. The molecule has 3 aromatic rings. The topological polar surface area (TPSA) is 68.0 Å². The lowest BCUT2D eigenvalue weighted by molar-refractivity contribution is 0.0963. The minimum absolute atomic E-state index is 0.0821. The van der Waals surface area contributed by atoms with Gasteiger partial charge in [0, 0.05) is 43.7 Å². The Bertz CT molecular complexity index is 1010. The van der Waals surface area contributed by atoms with E-state index in [1.54, 1.807) is 19.4 Å². The third-order valence-corrected chi connectivity index (χ3v) is 5.01. The third kappa shape index (κ3) is 4.96. The van der Waals surface area contributed by atoms with Crippen LogP contribution in [0.1, 0.15) is 29.3 Å². The van der Waals surface area contributed by atoms with E-state index in [0.29, 0.717) is 17.0 Å². The van der Waals surface area contributed by atoms with Crippen LogP contribution >= 0.6 is 12.2 Å². The summed E-state index contributed by atoms with van der Waals surface area (Å²) in [5.74, 6) is 0.781. The molecule has 0 aliphatic carbocycles. The van der Waals surface area contributed by atoms with Crippen molar-refractivity contribution in [1.29, 1.82) is 0 Å². The molecule has 0 unspecified atom stereocenters. The van der Waals surface area contributed by atoms with Crippen molar-refractivity contribution in [3.63, 3.8) is 0 Å². The Hall–Kier alpha value is -2.84. The number of carbonyl (C=O) groups is 1. The highest BCUT2D eigenvalue weighted by atomic mass is 32.1. The molecule has 3 rings (SSSR count). The second kappa shape index (κ2) is 9.58. The van der Waals surface area contributed by atoms with Crippen LogP contribution in [0.5, 0.6) is 0 Å². The van der Waals surface area contributed by atoms with Gasteiger partial charge in [0.15, 0.2) is 10.6 Å². The summed E-state index contributed by atoms with van der Waals surface area (Å²) in [4.78, 5) is 17.9. The first-order chi connectivity index (χ1) is 14.0. The highest BCUT2D eigenvalue weighted by Crippen LogP contribution is 2.18. The average molecular weight is 411 g/mol. The maximum Gasteiger partial charge on any atom is 0.251 e. The van der Waals surface area contributed by atoms with Crippen LogP contribution in [0.15, 0.2) is 48.8 Å². The molecule has 7 nitrogen and oxygen atoms in total. The first-order valence-corrected chi connectivity index (χ1v) is 10.0. The minimum Gasteiger partial charge on any atom is -0.355 e. The zero-order valence-corrected chi connectivity index (χ0v) is 17.8. The van der Waals surface area contributed by atoms with Gasteiger partial charge in [0.1, 0.15) is 0 Å². The van der Waals surface area contributed by atoms with Crippen LogP contribution in [0.2, 0.25) is 0 Å². The first kappa shape index (κ1) is 20.9. The summed E-state index contributed by atoms with van der Waals surface area (Å²) in [5, 5.41) is 7.41. The van der Waals surface area contributed by atoms with Gasteiger partial charge >= 0.3 is 0 Å². The van der Waals surface area contributed by atoms with Gasteiger partial charge in [0.25, 0.3) is 5.91 Å². The van der Waals surface area contributed by atoms with Crippen LogP contribution in [-0.4, -0.2) is 44.2 Å². The molecule has 1 N–H and O–H groups in total. The number of aromatic nitrogens is 4. The number of rotatable bonds is 8. The smallest absolute Gasteiger partial charge is 0.251 e. The molecule has 0 spiro atoms. The molecular weight excluding hydrogens is 384 g/mol. The number of carbonyl (C=O) groups excluding carboxylic acids is 1. The van der Waals surface area contributed by atoms with Crippen molar-refractivity contribution in [2.24, 2.45) is 0 Å². The van der Waals surface area contributed by atoms with E-state index in [9.17, 15) is 4.79 Å². The van der Waals surface area contributed by atoms with E-state index in [-0.39, 0.29) is 5.91 Å². The maximum absolute atomic E-state index is 11.7. The zero-order valence-electron chi connectivity index (χ0n) is 17.0. The Morgan fingerprint density at radius 1 is 1.17 bits per heavy atom. The van der Waals surface area contributed by atoms with E-state index >= 15 is 0 Å². The normalized spacial score (nSPS) is 11.0. The van der Waals surface area contributed by atoms with Crippen molar-refractivity contribution < 1.29 is 4.79 Å². The fourth-order valence-electron chi connectivity index (χ4n) is 3.17. The van der Waals surface area contributed by atoms with Gasteiger partial charge in [-0.3, -0.25) is 19.2 Å². The van der Waals surface area contributed by atoms with Crippen LogP contribution in [0.3, 0.4) is 0 Å². The SMILES string of the molecule is CCCn1c(-c2ccncc2)nn(CN(C)Cc2ccc(C(=O)NC)cc2)c1=S. The predicted octanol–water partition coefficient (Wildman–Crippen LogP) is 3.34. The Labute approximate surface area is 176 Å². The zero-order chi connectivity index (χ0) is 20.8. The Morgan fingerprint density at radius 2 is 1.86 bits per heavy atom. The van der Waals surface area contributed by atoms with E-state index in [4.69, 9.17) is 17.3 Å². The second-order valence-electron chi connectivity index (χ2n) is 6.92. The molecule has 8 heteroatoms. The van der Waals surface area contributed by atoms with Gasteiger partial charge in [-0.25, -0.2) is 4.68 Å². The number of nitrogens with zero attached hydrogens (tertiary/aromatic N) is 5. The summed E-state index contributed by atoms with van der Waals surface area (Å²) in [6, 6.07) is 11.5. The van der Waals surface area contributed by atoms with Crippen molar-refractivity contribution in [1.82, 2.24) is 29.5 Å². The average Bonchev–Trinajstić information content (AvgIpc) is 3.04. The molecule has 0 fully saturated rings. The summed E-state index contributed by atoms with van der Waals surface area (Å²) in [6.45, 7) is 4.25. The highest BCUT2D eigenvalue weighted by Gasteiger charge is 2.13. The predicted molar refractivity (Wildman–Crippen MR) is 116 cm³/mol. The molecule has 0 atom stereocenters. The molecule has 29 heavy (non-hydrogen) atoms. The van der Waals surface area contributed by atoms with E-state index in [1.807, 2.05) is 48.1 Å². The van der Waals surface area contributed by atoms with Gasteiger partial charge in [-0.05, 0) is 55.5 Å². The number of amides is 1. The summed E-state index contributed by atoms with van der Waals surface area (Å²) in [7, 11) is 3.66. The Morgan fingerprint density at radius 3 is 2.48 bits per heavy atom. The number of hydrogen-bond acceptors (Lipinski definition) is 5. The van der Waals surface area contributed by atoms with Gasteiger partial charge in [-0.2, -0.15) is 5.10 Å². The van der Waals surface area contributed by atoms with Gasteiger partial charge in [0.05, 0.1) is 6.67 Å². The van der Waals surface area contributed by atoms with Crippen molar-refractivity contribution in [3.05, 3.63) is 64.7 Å². The van der Waals surface area contributed by atoms with E-state index in [0.717, 1.165) is 36.5 Å². The van der Waals surface area contributed by atoms with E-state index in [1.165, 1.54) is 0 Å². The Kier molecular flexibility index (Phi) is 6.90. The largest absolute Gasteiger partial charge is 0.355 e. The van der Waals surface area contributed by atoms with Crippen molar-refractivity contribution in [2.45, 2.75) is 33.1 Å². The van der Waals surface area contributed by atoms with Gasteiger partial charge < -0.3 is 5.32 Å². The molecule has 0 saturated heterocycles. The lowest BCUT2D eigenvalue weighted by Gasteiger charge is -2.16. The molecule has 2 aromatic heterocycles. The lowest BCUT2D eigenvalue weighted by Crippen LogP contribution is -2.23. The minimum atomic E-state index is -0.0821. The fourth-order valence-corrected chi connectivity index (χ4v) is 3.45. The molecule has 0 saturated carbocycles. The van der Waals surface area contributed by atoms with Crippen LogP contribution in [-0.2, 0) is 19.8 Å². The lowest BCUT2D eigenvalue weighted by atomic mass is 10.1. The van der Waals surface area contributed by atoms with Crippen molar-refractivity contribution in [3.8, 4) is 11.4 Å². The van der Waals surface area contributed by atoms with Crippen LogP contribution in [0.4, 0.5) is 0 Å². The number of nitrogens with one attached hydrogen (secondary N) is 1. The van der Waals surface area contributed by atoms with Crippen LogP contribution in [0.25, 0.3) is 11.4 Å². The molecule has 0 aliphatic rings. The van der Waals surface area contributed by atoms with Gasteiger partial charge in [0.2, 0.25) is 0 Å². The van der Waals surface area contributed by atoms with Crippen molar-refractivity contribution >= 4 is 18.1 Å². The quantitative estimate of drug-likeness (QED) is 0.577. The summed E-state index contributed by atoms with van der Waals surface area (Å²) >= 11 is 5.70. The maximum atomic E-state index is 11.7. The molecule has 0 aliphatic heterocycles. The molecule has 1 aromatic carbocycles. The van der Waals surface area contributed by atoms with Crippen LogP contribution < -0.4 is 5.32 Å². The monoisotopic (exact) mass is 410 g/mol. The standard InChI is InChI=1S/C21H26N6OS/c1-4-13-26-19(17-9-11-23-12-10-17)24-27(21(26)29)15-25(3)14-16-5-7-18(8-6-16)20(28)22-2/h5-12H,4,13-15H2,1-3H3,(H,22,28). The molecule has 2 heterocycles. The molecule has 0 bridgehead atoms. The molecule has 1 amide bonds. The van der Waals surface area contributed by atoms with Crippen molar-refractivity contribution in [2.75, 3.05) is 14.1 Å². The summed E-state index contributed by atoms with van der Waals surface area (Å²) < 4.78 is 4.65. The van der Waals surface area contributed by atoms with E-state index < -0.39 is 0 Å². The number of pyridine rings is 1. The molecule has 152 valence electrons. The van der Waals surface area contributed by atoms with E-state index in [2.05, 4.69) is 26.7 Å². The number of hydrogen-bond donors (Lipinski definition) is 1. The van der Waals surface area contributed by atoms with Gasteiger partial charge in [-0.1, -0.05) is 19.1 Å². The third-order valence-electron chi connectivity index (χ3n) is 4.58.